The van der Waals surface area contributed by atoms with Crippen molar-refractivity contribution in [3.05, 3.63) is 0 Å². The fraction of sp³-hybridized carbons (Fsp3) is 1.00. The first-order chi connectivity index (χ1) is 9.12. The lowest BCUT2D eigenvalue weighted by Gasteiger charge is -2.61. The predicted octanol–water partition coefficient (Wildman–Crippen LogP) is 4.38. The summed E-state index contributed by atoms with van der Waals surface area (Å²) in [5, 5.41) is 0. The molecule has 0 aromatic heterocycles. The molecular formula is C18H30O2. The molecule has 1 spiro atoms. The highest BCUT2D eigenvalue weighted by atomic mass is 16.7. The van der Waals surface area contributed by atoms with Crippen molar-refractivity contribution in [2.75, 3.05) is 0 Å². The lowest BCUT2D eigenvalue weighted by atomic mass is 9.45. The molecular weight excluding hydrogens is 248 g/mol. The Morgan fingerprint density at radius 3 is 2.45 bits per heavy atom. The molecule has 2 heteroatoms. The van der Waals surface area contributed by atoms with Crippen molar-refractivity contribution in [2.24, 2.45) is 28.1 Å². The van der Waals surface area contributed by atoms with Crippen LogP contribution >= 0.6 is 0 Å². The largest absolute Gasteiger partial charge is 0.346 e. The molecule has 0 amide bonds. The van der Waals surface area contributed by atoms with Crippen molar-refractivity contribution in [1.82, 2.24) is 0 Å². The van der Waals surface area contributed by atoms with Crippen molar-refractivity contribution in [3.8, 4) is 0 Å². The molecule has 0 aromatic rings. The van der Waals surface area contributed by atoms with Crippen LogP contribution in [0.4, 0.5) is 0 Å². The summed E-state index contributed by atoms with van der Waals surface area (Å²) in [5.74, 6) is 1.54. The van der Waals surface area contributed by atoms with Crippen LogP contribution in [-0.2, 0) is 9.47 Å². The number of ether oxygens (including phenoxy) is 2. The molecule has 2 nitrogen and oxygen atoms in total. The van der Waals surface area contributed by atoms with Gasteiger partial charge in [0, 0.05) is 0 Å². The van der Waals surface area contributed by atoms with Gasteiger partial charge in [-0.15, -0.1) is 0 Å². The van der Waals surface area contributed by atoms with Gasteiger partial charge in [0.25, 0.3) is 0 Å². The molecule has 1 saturated heterocycles. The summed E-state index contributed by atoms with van der Waals surface area (Å²) in [5.41, 5.74) is 1.16. The molecule has 0 N–H and O–H groups in total. The third-order valence-corrected chi connectivity index (χ3v) is 7.82. The monoisotopic (exact) mass is 278 g/mol. The van der Waals surface area contributed by atoms with Crippen molar-refractivity contribution >= 4 is 0 Å². The number of hydrogen-bond donors (Lipinski definition) is 0. The summed E-state index contributed by atoms with van der Waals surface area (Å²) < 4.78 is 12.6. The molecule has 1 heterocycles. The van der Waals surface area contributed by atoms with Crippen molar-refractivity contribution in [3.63, 3.8) is 0 Å². The van der Waals surface area contributed by atoms with E-state index in [1.54, 1.807) is 0 Å². The minimum Gasteiger partial charge on any atom is -0.346 e. The van der Waals surface area contributed by atoms with Gasteiger partial charge in [0.2, 0.25) is 0 Å². The third-order valence-electron chi connectivity index (χ3n) is 7.82. The lowest BCUT2D eigenvalue weighted by molar-refractivity contribution is -0.176. The number of fused-ring (bicyclic) bond motifs is 3. The molecule has 0 radical (unpaired) electrons. The van der Waals surface area contributed by atoms with Gasteiger partial charge in [-0.05, 0) is 67.6 Å². The smallest absolute Gasteiger partial charge is 0.156 e. The normalized spacial score (nSPS) is 58.5. The van der Waals surface area contributed by atoms with E-state index in [4.69, 9.17) is 9.47 Å². The standard InChI is InChI=1S/C18H30O2/c1-11-19-14-13-16(4,5)12-7-8-18(13,9-12)15(2,3)10-17(14,6)20-11/h11-14H,7-10H2,1-6H3. The van der Waals surface area contributed by atoms with Crippen LogP contribution < -0.4 is 0 Å². The highest BCUT2D eigenvalue weighted by Gasteiger charge is 2.75. The van der Waals surface area contributed by atoms with Gasteiger partial charge >= 0.3 is 0 Å². The average molecular weight is 278 g/mol. The van der Waals surface area contributed by atoms with Crippen LogP contribution in [-0.4, -0.2) is 18.0 Å². The Balaban J connectivity index is 1.87. The Kier molecular flexibility index (Phi) is 2.35. The summed E-state index contributed by atoms with van der Waals surface area (Å²) in [6.45, 7) is 14.4. The zero-order valence-electron chi connectivity index (χ0n) is 14.0. The predicted molar refractivity (Wildman–Crippen MR) is 79.3 cm³/mol. The van der Waals surface area contributed by atoms with E-state index in [0.29, 0.717) is 28.3 Å². The zero-order chi connectivity index (χ0) is 14.6. The van der Waals surface area contributed by atoms with Gasteiger partial charge in [-0.1, -0.05) is 27.7 Å². The highest BCUT2D eigenvalue weighted by molar-refractivity contribution is 5.23. The van der Waals surface area contributed by atoms with Crippen LogP contribution in [0.2, 0.25) is 0 Å². The van der Waals surface area contributed by atoms with Crippen LogP contribution in [0.25, 0.3) is 0 Å². The van der Waals surface area contributed by atoms with Crippen molar-refractivity contribution in [2.45, 2.75) is 85.2 Å². The number of rotatable bonds is 0. The average Bonchev–Trinajstić information content (AvgIpc) is 2.87. The minimum atomic E-state index is -0.0828. The molecule has 3 aliphatic carbocycles. The second-order valence-corrected chi connectivity index (χ2v) is 9.51. The van der Waals surface area contributed by atoms with Gasteiger partial charge in [0.05, 0.1) is 11.7 Å². The Morgan fingerprint density at radius 2 is 1.75 bits per heavy atom. The van der Waals surface area contributed by atoms with E-state index in [9.17, 15) is 0 Å². The molecule has 4 rings (SSSR count). The fourth-order valence-corrected chi connectivity index (χ4v) is 7.13. The maximum absolute atomic E-state index is 6.34. The second kappa shape index (κ2) is 3.46. The first-order valence-electron chi connectivity index (χ1n) is 8.46. The van der Waals surface area contributed by atoms with E-state index in [1.807, 2.05) is 0 Å². The van der Waals surface area contributed by atoms with Crippen LogP contribution in [0.15, 0.2) is 0 Å². The maximum atomic E-state index is 6.34. The second-order valence-electron chi connectivity index (χ2n) is 9.51. The van der Waals surface area contributed by atoms with Crippen LogP contribution in [0.3, 0.4) is 0 Å². The van der Waals surface area contributed by atoms with E-state index in [0.717, 1.165) is 12.3 Å². The van der Waals surface area contributed by atoms with Gasteiger partial charge in [0.15, 0.2) is 6.29 Å². The van der Waals surface area contributed by atoms with Crippen LogP contribution in [0, 0.1) is 28.1 Å². The molecule has 0 aromatic carbocycles. The van der Waals surface area contributed by atoms with E-state index in [1.165, 1.54) is 19.3 Å². The first kappa shape index (κ1) is 13.6. The van der Waals surface area contributed by atoms with E-state index in [2.05, 4.69) is 41.5 Å². The van der Waals surface area contributed by atoms with Gasteiger partial charge in [0.1, 0.15) is 0 Å². The van der Waals surface area contributed by atoms with Gasteiger partial charge in [-0.25, -0.2) is 0 Å². The first-order valence-corrected chi connectivity index (χ1v) is 8.46. The van der Waals surface area contributed by atoms with Crippen molar-refractivity contribution < 1.29 is 9.47 Å². The molecule has 4 fully saturated rings. The summed E-state index contributed by atoms with van der Waals surface area (Å²) in [6, 6.07) is 0. The topological polar surface area (TPSA) is 18.5 Å². The van der Waals surface area contributed by atoms with E-state index < -0.39 is 0 Å². The molecule has 20 heavy (non-hydrogen) atoms. The molecule has 6 unspecified atom stereocenters. The Hall–Kier alpha value is -0.0800. The SMILES string of the molecule is CC1OC2C3C(C)(C)C4CCC3(C4)C(C)(C)CC2(C)O1. The van der Waals surface area contributed by atoms with E-state index >= 15 is 0 Å². The maximum Gasteiger partial charge on any atom is 0.156 e. The van der Waals surface area contributed by atoms with Gasteiger partial charge < -0.3 is 9.47 Å². The third kappa shape index (κ3) is 1.30. The van der Waals surface area contributed by atoms with E-state index in [-0.39, 0.29) is 11.9 Å². The lowest BCUT2D eigenvalue weighted by Crippen LogP contribution is -2.62. The van der Waals surface area contributed by atoms with Crippen molar-refractivity contribution in [1.29, 1.82) is 0 Å². The number of hydrogen-bond acceptors (Lipinski definition) is 2. The molecule has 114 valence electrons. The van der Waals surface area contributed by atoms with Crippen LogP contribution in [0.5, 0.6) is 0 Å². The summed E-state index contributed by atoms with van der Waals surface area (Å²) in [7, 11) is 0. The zero-order valence-corrected chi connectivity index (χ0v) is 14.0. The molecule has 1 aliphatic heterocycles. The Labute approximate surface area is 123 Å². The fourth-order valence-electron chi connectivity index (χ4n) is 7.13. The molecule has 3 saturated carbocycles. The minimum absolute atomic E-state index is 0.0362. The van der Waals surface area contributed by atoms with Crippen LogP contribution in [0.1, 0.15) is 67.2 Å². The molecule has 6 atom stereocenters. The molecule has 2 bridgehead atoms. The summed E-state index contributed by atoms with van der Waals surface area (Å²) >= 11 is 0. The highest BCUT2D eigenvalue weighted by Crippen LogP contribution is 2.77. The Morgan fingerprint density at radius 1 is 1.05 bits per heavy atom. The van der Waals surface area contributed by atoms with Gasteiger partial charge in [-0.3, -0.25) is 0 Å². The van der Waals surface area contributed by atoms with Gasteiger partial charge in [-0.2, -0.15) is 0 Å². The molecule has 4 aliphatic rings. The summed E-state index contributed by atoms with van der Waals surface area (Å²) in [6.07, 6.45) is 5.66. The summed E-state index contributed by atoms with van der Waals surface area (Å²) in [4.78, 5) is 0. The Bertz CT molecular complexity index is 454. The quantitative estimate of drug-likeness (QED) is 0.654.